The number of nitrogens with zero attached hydrogens (tertiary/aromatic N) is 1. The molecule has 3 nitrogen and oxygen atoms in total. The van der Waals surface area contributed by atoms with Crippen LogP contribution in [0.1, 0.15) is 35.3 Å². The molecule has 0 aromatic heterocycles. The van der Waals surface area contributed by atoms with E-state index in [9.17, 15) is 4.79 Å². The third-order valence-corrected chi connectivity index (χ3v) is 2.24. The molecule has 15 heavy (non-hydrogen) atoms. The van der Waals surface area contributed by atoms with Crippen molar-refractivity contribution in [2.24, 2.45) is 11.7 Å². The zero-order valence-corrected chi connectivity index (χ0v) is 8.95. The van der Waals surface area contributed by atoms with Gasteiger partial charge in [0.1, 0.15) is 0 Å². The molecule has 0 aliphatic heterocycles. The van der Waals surface area contributed by atoms with Crippen LogP contribution in [0.2, 0.25) is 0 Å². The van der Waals surface area contributed by atoms with E-state index in [-0.39, 0.29) is 18.2 Å². The Bertz CT molecular complexity index is 416. The van der Waals surface area contributed by atoms with Crippen molar-refractivity contribution in [2.75, 3.05) is 0 Å². The number of carbonyl (C=O) groups is 1. The maximum Gasteiger partial charge on any atom is 0.165 e. The quantitative estimate of drug-likeness (QED) is 0.760. The predicted octanol–water partition coefficient (Wildman–Crippen LogP) is 1.86. The smallest absolute Gasteiger partial charge is 0.165 e. The predicted molar refractivity (Wildman–Crippen MR) is 58.2 cm³/mol. The highest BCUT2D eigenvalue weighted by Crippen LogP contribution is 2.15. The van der Waals surface area contributed by atoms with Crippen molar-refractivity contribution < 1.29 is 4.79 Å². The van der Waals surface area contributed by atoms with Crippen molar-refractivity contribution in [1.29, 1.82) is 5.26 Å². The van der Waals surface area contributed by atoms with Crippen LogP contribution >= 0.6 is 0 Å². The van der Waals surface area contributed by atoms with Crippen LogP contribution in [0.5, 0.6) is 0 Å². The fourth-order valence-corrected chi connectivity index (χ4v) is 1.38. The summed E-state index contributed by atoms with van der Waals surface area (Å²) in [5, 5.41) is 8.72. The molecule has 3 heteroatoms. The maximum atomic E-state index is 11.8. The summed E-state index contributed by atoms with van der Waals surface area (Å²) in [6.45, 7) is 3.98. The standard InChI is InChI=1S/C12H14N2O/c1-8(2)12(15)11-4-3-9(6-13)5-10(11)7-14/h3-5,8H,7,14H2,1-2H3. The molecule has 0 radical (unpaired) electrons. The lowest BCUT2D eigenvalue weighted by Crippen LogP contribution is -2.12. The first-order valence-corrected chi connectivity index (χ1v) is 4.87. The molecule has 0 unspecified atom stereocenters. The normalized spacial score (nSPS) is 10.1. The number of Topliss-reactive ketones (excluding diaryl/α,β-unsaturated/α-hetero) is 1. The zero-order chi connectivity index (χ0) is 11.4. The summed E-state index contributed by atoms with van der Waals surface area (Å²) in [7, 11) is 0. The number of rotatable bonds is 3. The number of nitriles is 1. The molecule has 1 aromatic carbocycles. The van der Waals surface area contributed by atoms with E-state index >= 15 is 0 Å². The first-order valence-electron chi connectivity index (χ1n) is 4.87. The number of nitrogens with two attached hydrogens (primary N) is 1. The molecule has 0 fully saturated rings. The molecule has 1 rings (SSSR count). The monoisotopic (exact) mass is 202 g/mol. The van der Waals surface area contributed by atoms with Crippen molar-refractivity contribution in [3.63, 3.8) is 0 Å². The molecule has 2 N–H and O–H groups in total. The van der Waals surface area contributed by atoms with Crippen LogP contribution in [-0.4, -0.2) is 5.78 Å². The second kappa shape index (κ2) is 4.72. The Kier molecular flexibility index (Phi) is 3.59. The fraction of sp³-hybridized carbons (Fsp3) is 0.333. The minimum Gasteiger partial charge on any atom is -0.326 e. The first kappa shape index (κ1) is 11.4. The highest BCUT2D eigenvalue weighted by molar-refractivity contribution is 5.98. The summed E-state index contributed by atoms with van der Waals surface area (Å²) in [6.07, 6.45) is 0. The largest absolute Gasteiger partial charge is 0.326 e. The van der Waals surface area contributed by atoms with E-state index in [4.69, 9.17) is 11.0 Å². The number of hydrogen-bond acceptors (Lipinski definition) is 3. The summed E-state index contributed by atoms with van der Waals surface area (Å²) < 4.78 is 0. The molecule has 0 amide bonds. The van der Waals surface area contributed by atoms with Gasteiger partial charge in [0.05, 0.1) is 11.6 Å². The van der Waals surface area contributed by atoms with Crippen LogP contribution in [0.15, 0.2) is 18.2 Å². The van der Waals surface area contributed by atoms with Gasteiger partial charge in [-0.2, -0.15) is 5.26 Å². The summed E-state index contributed by atoms with van der Waals surface area (Å²) in [6, 6.07) is 7.04. The van der Waals surface area contributed by atoms with E-state index < -0.39 is 0 Å². The van der Waals surface area contributed by atoms with Gasteiger partial charge in [0.2, 0.25) is 0 Å². The average molecular weight is 202 g/mol. The molecular formula is C12H14N2O. The molecule has 0 saturated heterocycles. The van der Waals surface area contributed by atoms with Crippen LogP contribution in [0, 0.1) is 17.2 Å². The lowest BCUT2D eigenvalue weighted by atomic mass is 9.95. The second-order valence-electron chi connectivity index (χ2n) is 3.71. The van der Waals surface area contributed by atoms with Gasteiger partial charge in [0, 0.05) is 18.0 Å². The highest BCUT2D eigenvalue weighted by Gasteiger charge is 2.14. The van der Waals surface area contributed by atoms with Crippen molar-refractivity contribution >= 4 is 5.78 Å². The first-order chi connectivity index (χ1) is 7.10. The lowest BCUT2D eigenvalue weighted by molar-refractivity contribution is 0.0938. The van der Waals surface area contributed by atoms with Crippen LogP contribution in [-0.2, 0) is 6.54 Å². The van der Waals surface area contributed by atoms with Gasteiger partial charge in [-0.3, -0.25) is 4.79 Å². The number of hydrogen-bond donors (Lipinski definition) is 1. The van der Waals surface area contributed by atoms with Crippen molar-refractivity contribution in [3.8, 4) is 6.07 Å². The van der Waals surface area contributed by atoms with Crippen molar-refractivity contribution in [3.05, 3.63) is 34.9 Å². The molecule has 0 aliphatic rings. The summed E-state index contributed by atoms with van der Waals surface area (Å²) in [4.78, 5) is 11.8. The molecular weight excluding hydrogens is 188 g/mol. The Morgan fingerprint density at radius 3 is 2.67 bits per heavy atom. The molecule has 0 aliphatic carbocycles. The van der Waals surface area contributed by atoms with Crippen molar-refractivity contribution in [1.82, 2.24) is 0 Å². The molecule has 0 atom stereocenters. The zero-order valence-electron chi connectivity index (χ0n) is 8.95. The SMILES string of the molecule is CC(C)C(=O)c1ccc(C#N)cc1CN. The molecule has 78 valence electrons. The van der Waals surface area contributed by atoms with Crippen LogP contribution in [0.4, 0.5) is 0 Å². The third-order valence-electron chi connectivity index (χ3n) is 2.24. The van der Waals surface area contributed by atoms with Gasteiger partial charge in [0.15, 0.2) is 5.78 Å². The van der Waals surface area contributed by atoms with Gasteiger partial charge in [-0.1, -0.05) is 13.8 Å². The third kappa shape index (κ3) is 2.42. The number of benzene rings is 1. The Balaban J connectivity index is 3.20. The molecule has 0 bridgehead atoms. The Morgan fingerprint density at radius 1 is 1.53 bits per heavy atom. The van der Waals surface area contributed by atoms with Crippen LogP contribution in [0.3, 0.4) is 0 Å². The number of carbonyl (C=O) groups excluding carboxylic acids is 1. The molecule has 0 saturated carbocycles. The summed E-state index contributed by atoms with van der Waals surface area (Å²) >= 11 is 0. The van der Waals surface area contributed by atoms with E-state index in [1.165, 1.54) is 0 Å². The fourth-order valence-electron chi connectivity index (χ4n) is 1.38. The minimum atomic E-state index is -0.0526. The van der Waals surface area contributed by atoms with E-state index in [0.29, 0.717) is 11.1 Å². The molecule has 0 heterocycles. The Morgan fingerprint density at radius 2 is 2.20 bits per heavy atom. The van der Waals surface area contributed by atoms with Crippen LogP contribution < -0.4 is 5.73 Å². The van der Waals surface area contributed by atoms with E-state index in [1.54, 1.807) is 18.2 Å². The summed E-state index contributed by atoms with van der Waals surface area (Å²) in [5.41, 5.74) is 7.46. The van der Waals surface area contributed by atoms with Gasteiger partial charge < -0.3 is 5.73 Å². The van der Waals surface area contributed by atoms with Gasteiger partial charge in [0.25, 0.3) is 0 Å². The van der Waals surface area contributed by atoms with E-state index in [0.717, 1.165) is 5.56 Å². The Labute approximate surface area is 89.5 Å². The Hall–Kier alpha value is -1.66. The van der Waals surface area contributed by atoms with E-state index in [1.807, 2.05) is 19.9 Å². The molecule has 0 spiro atoms. The van der Waals surface area contributed by atoms with E-state index in [2.05, 4.69) is 0 Å². The maximum absolute atomic E-state index is 11.8. The lowest BCUT2D eigenvalue weighted by Gasteiger charge is -2.09. The van der Waals surface area contributed by atoms with Gasteiger partial charge in [-0.15, -0.1) is 0 Å². The van der Waals surface area contributed by atoms with Gasteiger partial charge >= 0.3 is 0 Å². The van der Waals surface area contributed by atoms with Crippen molar-refractivity contribution in [2.45, 2.75) is 20.4 Å². The minimum absolute atomic E-state index is 0.0526. The summed E-state index contributed by atoms with van der Waals surface area (Å²) in [5.74, 6) is 0.0168. The number of ketones is 1. The van der Waals surface area contributed by atoms with Crippen LogP contribution in [0.25, 0.3) is 0 Å². The topological polar surface area (TPSA) is 66.9 Å². The average Bonchev–Trinajstić information content (AvgIpc) is 2.27. The van der Waals surface area contributed by atoms with Gasteiger partial charge in [-0.25, -0.2) is 0 Å². The van der Waals surface area contributed by atoms with Gasteiger partial charge in [-0.05, 0) is 23.8 Å². The molecule has 1 aromatic rings. The highest BCUT2D eigenvalue weighted by atomic mass is 16.1. The second-order valence-corrected chi connectivity index (χ2v) is 3.71.